The summed E-state index contributed by atoms with van der Waals surface area (Å²) < 4.78 is 5.71. The van der Waals surface area contributed by atoms with Crippen LogP contribution < -0.4 is 5.32 Å². The van der Waals surface area contributed by atoms with Gasteiger partial charge in [0.15, 0.2) is 0 Å². The summed E-state index contributed by atoms with van der Waals surface area (Å²) in [5.74, 6) is 0. The van der Waals surface area contributed by atoms with Crippen LogP contribution in [0.25, 0.3) is 0 Å². The molecule has 0 spiro atoms. The molecule has 3 atom stereocenters. The molecule has 1 rings (SSSR count). The van der Waals surface area contributed by atoms with E-state index in [1.807, 2.05) is 6.08 Å². The Morgan fingerprint density at radius 1 is 1.47 bits per heavy atom. The molecule has 3 heteroatoms. The molecule has 1 fully saturated rings. The number of nitrogens with one attached hydrogen (secondary N) is 1. The van der Waals surface area contributed by atoms with Crippen LogP contribution in [0.2, 0.25) is 0 Å². The van der Waals surface area contributed by atoms with E-state index in [4.69, 9.17) is 4.74 Å². The molecule has 1 aliphatic rings. The quantitative estimate of drug-likeness (QED) is 0.548. The first-order valence-electron chi connectivity index (χ1n) is 5.84. The first kappa shape index (κ1) is 12.7. The third kappa shape index (κ3) is 4.33. The maximum absolute atomic E-state index is 5.71. The monoisotopic (exact) mass is 212 g/mol. The third-order valence-electron chi connectivity index (χ3n) is 2.80. The van der Waals surface area contributed by atoms with Gasteiger partial charge in [-0.1, -0.05) is 6.08 Å². The summed E-state index contributed by atoms with van der Waals surface area (Å²) in [6.07, 6.45) is 2.61. The van der Waals surface area contributed by atoms with Gasteiger partial charge in [0.05, 0.1) is 12.2 Å². The van der Waals surface area contributed by atoms with Gasteiger partial charge < -0.3 is 10.1 Å². The van der Waals surface area contributed by atoms with E-state index in [0.717, 1.165) is 26.2 Å². The van der Waals surface area contributed by atoms with Gasteiger partial charge in [0.25, 0.3) is 0 Å². The fraction of sp³-hybridized carbons (Fsp3) is 0.833. The fourth-order valence-electron chi connectivity index (χ4n) is 2.10. The Labute approximate surface area is 93.5 Å². The number of hydrogen-bond donors (Lipinski definition) is 1. The summed E-state index contributed by atoms with van der Waals surface area (Å²) in [7, 11) is 0. The Kier molecular flexibility index (Phi) is 5.29. The second-order valence-corrected chi connectivity index (χ2v) is 4.51. The Morgan fingerprint density at radius 3 is 2.60 bits per heavy atom. The minimum Gasteiger partial charge on any atom is -0.373 e. The molecule has 0 aliphatic carbocycles. The molecule has 0 bridgehead atoms. The largest absolute Gasteiger partial charge is 0.373 e. The maximum Gasteiger partial charge on any atom is 0.0678 e. The lowest BCUT2D eigenvalue weighted by molar-refractivity contribution is -0.0780. The van der Waals surface area contributed by atoms with Crippen LogP contribution in [0.4, 0.5) is 0 Å². The van der Waals surface area contributed by atoms with Gasteiger partial charge in [0, 0.05) is 32.2 Å². The first-order valence-corrected chi connectivity index (χ1v) is 5.84. The molecule has 1 heterocycles. The Hall–Kier alpha value is -0.380. The summed E-state index contributed by atoms with van der Waals surface area (Å²) >= 11 is 0. The zero-order valence-electron chi connectivity index (χ0n) is 10.2. The minimum absolute atomic E-state index is 0.357. The van der Waals surface area contributed by atoms with Crippen LogP contribution in [-0.4, -0.2) is 49.3 Å². The zero-order valence-corrected chi connectivity index (χ0v) is 10.2. The highest BCUT2D eigenvalue weighted by Crippen LogP contribution is 2.12. The summed E-state index contributed by atoms with van der Waals surface area (Å²) in [5, 5.41) is 3.36. The number of morpholine rings is 1. The van der Waals surface area contributed by atoms with Crippen molar-refractivity contribution >= 4 is 0 Å². The van der Waals surface area contributed by atoms with E-state index in [9.17, 15) is 0 Å². The summed E-state index contributed by atoms with van der Waals surface area (Å²) in [4.78, 5) is 2.49. The molecule has 0 radical (unpaired) electrons. The van der Waals surface area contributed by atoms with Crippen molar-refractivity contribution in [3.8, 4) is 0 Å². The Bertz CT molecular complexity index is 186. The Morgan fingerprint density at radius 2 is 2.07 bits per heavy atom. The highest BCUT2D eigenvalue weighted by molar-refractivity contribution is 4.80. The van der Waals surface area contributed by atoms with Crippen molar-refractivity contribution in [2.24, 2.45) is 0 Å². The van der Waals surface area contributed by atoms with Crippen molar-refractivity contribution in [2.45, 2.75) is 39.0 Å². The molecule has 15 heavy (non-hydrogen) atoms. The highest BCUT2D eigenvalue weighted by Gasteiger charge is 2.25. The standard InChI is InChI=1S/C12H24N2O/c1-5-6-13-7-10(2)14-8-11(3)15-12(4)9-14/h5,10-13H,1,6-9H2,2-4H3/t10?,11-,12+. The number of ether oxygens (including phenoxy) is 1. The van der Waals surface area contributed by atoms with Gasteiger partial charge in [-0.05, 0) is 20.8 Å². The molecule has 1 aliphatic heterocycles. The second-order valence-electron chi connectivity index (χ2n) is 4.51. The van der Waals surface area contributed by atoms with E-state index in [1.165, 1.54) is 0 Å². The minimum atomic E-state index is 0.357. The summed E-state index contributed by atoms with van der Waals surface area (Å²) in [5.41, 5.74) is 0. The van der Waals surface area contributed by atoms with E-state index in [0.29, 0.717) is 18.2 Å². The van der Waals surface area contributed by atoms with Gasteiger partial charge in [-0.15, -0.1) is 6.58 Å². The van der Waals surface area contributed by atoms with Crippen LogP contribution in [0, 0.1) is 0 Å². The molecular weight excluding hydrogens is 188 g/mol. The maximum atomic E-state index is 5.71. The first-order chi connectivity index (χ1) is 7.13. The smallest absolute Gasteiger partial charge is 0.0678 e. The van der Waals surface area contributed by atoms with E-state index in [2.05, 4.69) is 37.6 Å². The van der Waals surface area contributed by atoms with Crippen molar-refractivity contribution in [2.75, 3.05) is 26.2 Å². The molecule has 3 nitrogen and oxygen atoms in total. The lowest BCUT2D eigenvalue weighted by Crippen LogP contribution is -2.51. The molecule has 0 aromatic rings. The lowest BCUT2D eigenvalue weighted by Gasteiger charge is -2.39. The molecular formula is C12H24N2O. The van der Waals surface area contributed by atoms with Gasteiger partial charge in [-0.25, -0.2) is 0 Å². The fourth-order valence-corrected chi connectivity index (χ4v) is 2.10. The summed E-state index contributed by atoms with van der Waals surface area (Å²) in [6.45, 7) is 14.2. The van der Waals surface area contributed by atoms with E-state index in [-0.39, 0.29) is 0 Å². The van der Waals surface area contributed by atoms with Gasteiger partial charge >= 0.3 is 0 Å². The predicted molar refractivity (Wildman–Crippen MR) is 64.1 cm³/mol. The average Bonchev–Trinajstić information content (AvgIpc) is 2.16. The molecule has 1 saturated heterocycles. The molecule has 0 aromatic heterocycles. The van der Waals surface area contributed by atoms with Crippen LogP contribution in [-0.2, 0) is 4.74 Å². The predicted octanol–water partition coefficient (Wildman–Crippen LogP) is 1.26. The Balaban J connectivity index is 2.30. The lowest BCUT2D eigenvalue weighted by atomic mass is 10.2. The number of nitrogens with zero attached hydrogens (tertiary/aromatic N) is 1. The molecule has 0 aromatic carbocycles. The van der Waals surface area contributed by atoms with Crippen LogP contribution in [0.5, 0.6) is 0 Å². The normalized spacial score (nSPS) is 30.1. The average molecular weight is 212 g/mol. The van der Waals surface area contributed by atoms with Gasteiger partial charge in [-0.2, -0.15) is 0 Å². The van der Waals surface area contributed by atoms with Crippen molar-refractivity contribution < 1.29 is 4.74 Å². The molecule has 1 N–H and O–H groups in total. The third-order valence-corrected chi connectivity index (χ3v) is 2.80. The SMILES string of the molecule is C=CCNCC(C)N1C[C@@H](C)O[C@@H](C)C1. The van der Waals surface area contributed by atoms with E-state index >= 15 is 0 Å². The van der Waals surface area contributed by atoms with Crippen molar-refractivity contribution in [3.63, 3.8) is 0 Å². The van der Waals surface area contributed by atoms with Gasteiger partial charge in [0.2, 0.25) is 0 Å². The topological polar surface area (TPSA) is 24.5 Å². The van der Waals surface area contributed by atoms with Crippen LogP contribution in [0.15, 0.2) is 12.7 Å². The van der Waals surface area contributed by atoms with Crippen LogP contribution in [0.3, 0.4) is 0 Å². The van der Waals surface area contributed by atoms with Crippen molar-refractivity contribution in [3.05, 3.63) is 12.7 Å². The van der Waals surface area contributed by atoms with E-state index < -0.39 is 0 Å². The van der Waals surface area contributed by atoms with E-state index in [1.54, 1.807) is 0 Å². The summed E-state index contributed by atoms with van der Waals surface area (Å²) in [6, 6.07) is 0.568. The van der Waals surface area contributed by atoms with Crippen LogP contribution in [0.1, 0.15) is 20.8 Å². The van der Waals surface area contributed by atoms with Crippen LogP contribution >= 0.6 is 0 Å². The van der Waals surface area contributed by atoms with Gasteiger partial charge in [0.1, 0.15) is 0 Å². The zero-order chi connectivity index (χ0) is 11.3. The molecule has 0 saturated carbocycles. The molecule has 1 unspecified atom stereocenters. The second kappa shape index (κ2) is 6.26. The number of rotatable bonds is 5. The van der Waals surface area contributed by atoms with Crippen molar-refractivity contribution in [1.82, 2.24) is 10.2 Å². The van der Waals surface area contributed by atoms with Crippen molar-refractivity contribution in [1.29, 1.82) is 0 Å². The van der Waals surface area contributed by atoms with Gasteiger partial charge in [-0.3, -0.25) is 4.90 Å². The highest BCUT2D eigenvalue weighted by atomic mass is 16.5. The molecule has 88 valence electrons. The molecule has 0 amide bonds. The number of hydrogen-bond acceptors (Lipinski definition) is 3.